The van der Waals surface area contributed by atoms with Crippen LogP contribution in [0.2, 0.25) is 0 Å². The molecule has 0 bridgehead atoms. The molecule has 3 atom stereocenters. The van der Waals surface area contributed by atoms with Crippen molar-refractivity contribution < 1.29 is 24.9 Å². The van der Waals surface area contributed by atoms with Gasteiger partial charge in [0, 0.05) is 0 Å². The van der Waals surface area contributed by atoms with Crippen molar-refractivity contribution in [3.05, 3.63) is 6.10 Å². The third kappa shape index (κ3) is 1.49. The Hall–Kier alpha value is -0.490. The smallest absolute Gasteiger partial charge is 0.193 e. The molecule has 0 aromatic rings. The summed E-state index contributed by atoms with van der Waals surface area (Å²) in [6.07, 6.45) is -3.59. The number of carbonyl (C=O) groups excluding carboxylic acids is 1. The van der Waals surface area contributed by atoms with Gasteiger partial charge in [-0.3, -0.25) is 4.79 Å². The molecule has 1 fully saturated rings. The highest BCUT2D eigenvalue weighted by Crippen LogP contribution is 2.27. The van der Waals surface area contributed by atoms with Crippen molar-refractivity contribution >= 4 is 5.78 Å². The van der Waals surface area contributed by atoms with E-state index in [1.165, 1.54) is 6.92 Å². The monoisotopic (exact) mass is 175 g/mol. The molecule has 5 heteroatoms. The van der Waals surface area contributed by atoms with Crippen LogP contribution in [0, 0.1) is 6.10 Å². The summed E-state index contributed by atoms with van der Waals surface area (Å²) >= 11 is 0. The fourth-order valence-corrected chi connectivity index (χ4v) is 1.10. The number of aliphatic hydroxyl groups excluding tert-OH is 3. The van der Waals surface area contributed by atoms with Crippen LogP contribution in [0.25, 0.3) is 0 Å². The molecule has 1 aliphatic rings. The minimum absolute atomic E-state index is 0.179. The summed E-state index contributed by atoms with van der Waals surface area (Å²) < 4.78 is 4.81. The molecule has 0 amide bonds. The number of carbonyl (C=O) groups is 1. The predicted octanol–water partition coefficient (Wildman–Crippen LogP) is -1.78. The van der Waals surface area contributed by atoms with E-state index in [-0.39, 0.29) is 6.10 Å². The average molecular weight is 175 g/mol. The molecule has 0 aromatic heterocycles. The Bertz CT molecular complexity index is 181. The van der Waals surface area contributed by atoms with Crippen LogP contribution in [0.15, 0.2) is 0 Å². The van der Waals surface area contributed by atoms with Gasteiger partial charge in [0.15, 0.2) is 11.9 Å². The van der Waals surface area contributed by atoms with Gasteiger partial charge >= 0.3 is 0 Å². The molecule has 1 rings (SSSR count). The standard InChI is InChI=1S/C7H11O5/c1-3(9)7-6(11)5(10)4(2-8)12-7/h4-6,8,10-11H,2H2,1H3/t4-,5-,6-/m1/s1. The normalized spacial score (nSPS) is 37.2. The molecule has 5 nitrogen and oxygen atoms in total. The molecular weight excluding hydrogens is 164 g/mol. The number of hydrogen-bond acceptors (Lipinski definition) is 5. The lowest BCUT2D eigenvalue weighted by atomic mass is 10.1. The third-order valence-corrected chi connectivity index (χ3v) is 1.78. The highest BCUT2D eigenvalue weighted by Gasteiger charge is 2.45. The van der Waals surface area contributed by atoms with E-state index in [1.54, 1.807) is 0 Å². The van der Waals surface area contributed by atoms with Crippen molar-refractivity contribution in [3.8, 4) is 0 Å². The molecule has 1 aliphatic heterocycles. The highest BCUT2D eigenvalue weighted by molar-refractivity contribution is 5.89. The van der Waals surface area contributed by atoms with Gasteiger partial charge in [0.25, 0.3) is 0 Å². The summed E-state index contributed by atoms with van der Waals surface area (Å²) in [6.45, 7) is 0.806. The van der Waals surface area contributed by atoms with Crippen molar-refractivity contribution in [1.29, 1.82) is 0 Å². The molecular formula is C7H11O5. The maximum absolute atomic E-state index is 10.7. The van der Waals surface area contributed by atoms with Crippen LogP contribution >= 0.6 is 0 Å². The van der Waals surface area contributed by atoms with Crippen LogP contribution in [0.5, 0.6) is 0 Å². The second kappa shape index (κ2) is 3.49. The summed E-state index contributed by atoms with van der Waals surface area (Å²) in [4.78, 5) is 10.7. The van der Waals surface area contributed by atoms with Crippen LogP contribution in [0.3, 0.4) is 0 Å². The van der Waals surface area contributed by atoms with E-state index >= 15 is 0 Å². The molecule has 0 unspecified atom stereocenters. The van der Waals surface area contributed by atoms with E-state index in [0.717, 1.165) is 0 Å². The molecule has 0 spiro atoms. The summed E-state index contributed by atoms with van der Waals surface area (Å²) in [7, 11) is 0. The largest absolute Gasteiger partial charge is 0.394 e. The Morgan fingerprint density at radius 3 is 2.42 bits per heavy atom. The van der Waals surface area contributed by atoms with Crippen LogP contribution in [-0.2, 0) is 9.53 Å². The van der Waals surface area contributed by atoms with Gasteiger partial charge in [0.2, 0.25) is 0 Å². The van der Waals surface area contributed by atoms with Gasteiger partial charge in [-0.25, -0.2) is 0 Å². The maximum Gasteiger partial charge on any atom is 0.193 e. The number of hydrogen-bond donors (Lipinski definition) is 3. The number of ketones is 1. The van der Waals surface area contributed by atoms with E-state index in [2.05, 4.69) is 0 Å². The SMILES string of the molecule is CC(=O)[C]1O[C@H](CO)[C@@H](O)[C@H]1O. The molecule has 69 valence electrons. The van der Waals surface area contributed by atoms with Gasteiger partial charge < -0.3 is 20.1 Å². The van der Waals surface area contributed by atoms with Gasteiger partial charge in [0.05, 0.1) is 6.61 Å². The van der Waals surface area contributed by atoms with Gasteiger partial charge in [-0.2, -0.15) is 0 Å². The molecule has 0 saturated carbocycles. The topological polar surface area (TPSA) is 87.0 Å². The Balaban J connectivity index is 2.66. The van der Waals surface area contributed by atoms with Crippen molar-refractivity contribution in [2.24, 2.45) is 0 Å². The maximum atomic E-state index is 10.7. The first-order valence-electron chi connectivity index (χ1n) is 3.59. The van der Waals surface area contributed by atoms with E-state index < -0.39 is 30.7 Å². The first kappa shape index (κ1) is 9.60. The van der Waals surface area contributed by atoms with Crippen LogP contribution in [0.1, 0.15) is 6.92 Å². The van der Waals surface area contributed by atoms with Crippen molar-refractivity contribution in [3.63, 3.8) is 0 Å². The minimum atomic E-state index is -1.31. The van der Waals surface area contributed by atoms with Crippen LogP contribution in [0.4, 0.5) is 0 Å². The average Bonchev–Trinajstić information content (AvgIpc) is 2.30. The van der Waals surface area contributed by atoms with E-state index in [4.69, 9.17) is 14.9 Å². The zero-order chi connectivity index (χ0) is 9.30. The van der Waals surface area contributed by atoms with Crippen molar-refractivity contribution in [1.82, 2.24) is 0 Å². The summed E-state index contributed by atoms with van der Waals surface area (Å²) in [6, 6.07) is 0. The van der Waals surface area contributed by atoms with Gasteiger partial charge in [-0.05, 0) is 6.92 Å². The lowest BCUT2D eigenvalue weighted by molar-refractivity contribution is -0.122. The minimum Gasteiger partial charge on any atom is -0.394 e. The zero-order valence-corrected chi connectivity index (χ0v) is 6.60. The summed E-state index contributed by atoms with van der Waals surface area (Å²) in [5.74, 6) is -0.433. The van der Waals surface area contributed by atoms with E-state index in [9.17, 15) is 9.90 Å². The zero-order valence-electron chi connectivity index (χ0n) is 6.60. The lowest BCUT2D eigenvalue weighted by Crippen LogP contribution is -2.33. The van der Waals surface area contributed by atoms with E-state index in [0.29, 0.717) is 0 Å². The van der Waals surface area contributed by atoms with Gasteiger partial charge in [-0.1, -0.05) is 0 Å². The molecule has 0 aliphatic carbocycles. The molecule has 1 heterocycles. The number of ether oxygens (including phenoxy) is 1. The molecule has 1 saturated heterocycles. The first-order valence-corrected chi connectivity index (χ1v) is 3.59. The van der Waals surface area contributed by atoms with Gasteiger partial charge in [0.1, 0.15) is 18.3 Å². The second-order valence-corrected chi connectivity index (χ2v) is 2.69. The summed E-state index contributed by atoms with van der Waals surface area (Å²) in [5.41, 5.74) is 0. The fourth-order valence-electron chi connectivity index (χ4n) is 1.10. The first-order chi connectivity index (χ1) is 5.57. The molecule has 0 aromatic carbocycles. The summed E-state index contributed by atoms with van der Waals surface area (Å²) in [5, 5.41) is 27.0. The van der Waals surface area contributed by atoms with Gasteiger partial charge in [-0.15, -0.1) is 0 Å². The quantitative estimate of drug-likeness (QED) is 0.462. The number of Topliss-reactive ketones (excluding diaryl/α,β-unsaturated/α-hetero) is 1. The lowest BCUT2D eigenvalue weighted by Gasteiger charge is -2.10. The van der Waals surface area contributed by atoms with Crippen molar-refractivity contribution in [2.75, 3.05) is 6.61 Å². The van der Waals surface area contributed by atoms with Crippen LogP contribution in [-0.4, -0.2) is 46.0 Å². The number of aliphatic hydroxyl groups is 3. The highest BCUT2D eigenvalue weighted by atomic mass is 16.6. The Labute approximate surface area is 69.6 Å². The third-order valence-electron chi connectivity index (χ3n) is 1.78. The van der Waals surface area contributed by atoms with E-state index in [1.807, 2.05) is 0 Å². The number of rotatable bonds is 2. The second-order valence-electron chi connectivity index (χ2n) is 2.69. The van der Waals surface area contributed by atoms with Crippen molar-refractivity contribution in [2.45, 2.75) is 25.2 Å². The Kier molecular flexibility index (Phi) is 2.79. The molecule has 3 N–H and O–H groups in total. The Morgan fingerprint density at radius 1 is 1.58 bits per heavy atom. The molecule has 1 radical (unpaired) electrons. The fraction of sp³-hybridized carbons (Fsp3) is 0.714. The molecule has 12 heavy (non-hydrogen) atoms. The van der Waals surface area contributed by atoms with Crippen LogP contribution < -0.4 is 0 Å². The predicted molar refractivity (Wildman–Crippen MR) is 37.9 cm³/mol. The Morgan fingerprint density at radius 2 is 2.17 bits per heavy atom.